The number of nitrogens with one attached hydrogen (secondary N) is 1. The van der Waals surface area contributed by atoms with Crippen molar-refractivity contribution >= 4 is 5.91 Å². The summed E-state index contributed by atoms with van der Waals surface area (Å²) < 4.78 is 5.21. The van der Waals surface area contributed by atoms with Crippen LogP contribution in [0.15, 0.2) is 24.3 Å². The molecule has 1 amide bonds. The molecule has 0 fully saturated rings. The van der Waals surface area contributed by atoms with Crippen LogP contribution in [0.25, 0.3) is 0 Å². The largest absolute Gasteiger partial charge is 0.497 e. The van der Waals surface area contributed by atoms with Crippen molar-refractivity contribution < 1.29 is 9.53 Å². The summed E-state index contributed by atoms with van der Waals surface area (Å²) in [5, 5.41) is 10.2. The molecule has 1 unspecified atom stereocenters. The molecule has 0 saturated carbocycles. The molecule has 0 aliphatic rings. The maximum absolute atomic E-state index is 12.4. The van der Waals surface area contributed by atoms with Crippen molar-refractivity contribution in [1.82, 2.24) is 20.3 Å². The molecule has 0 aliphatic carbocycles. The first-order valence-corrected chi connectivity index (χ1v) is 6.33. The fourth-order valence-corrected chi connectivity index (χ4v) is 1.95. The van der Waals surface area contributed by atoms with Gasteiger partial charge in [-0.3, -0.25) is 4.79 Å². The van der Waals surface area contributed by atoms with Crippen LogP contribution in [0, 0.1) is 6.92 Å². The number of carbonyl (C=O) groups excluding carboxylic acids is 1. The molecule has 6 nitrogen and oxygen atoms in total. The molecule has 6 heteroatoms. The number of nitrogens with zero attached hydrogens (tertiary/aromatic N) is 3. The maximum atomic E-state index is 12.4. The number of aromatic amines is 1. The molecule has 0 bridgehead atoms. The Morgan fingerprint density at radius 1 is 1.40 bits per heavy atom. The topological polar surface area (TPSA) is 71.1 Å². The third kappa shape index (κ3) is 2.64. The van der Waals surface area contributed by atoms with Gasteiger partial charge in [0.2, 0.25) is 0 Å². The smallest absolute Gasteiger partial charge is 0.276 e. The Morgan fingerprint density at radius 3 is 2.75 bits per heavy atom. The molecule has 0 spiro atoms. The molecule has 1 aromatic heterocycles. The molecule has 1 N–H and O–H groups in total. The zero-order chi connectivity index (χ0) is 14.7. The molecule has 0 radical (unpaired) electrons. The summed E-state index contributed by atoms with van der Waals surface area (Å²) in [5.41, 5.74) is 1.95. The second kappa shape index (κ2) is 5.73. The number of aromatic nitrogens is 3. The monoisotopic (exact) mass is 274 g/mol. The summed E-state index contributed by atoms with van der Waals surface area (Å²) in [5.74, 6) is 0.611. The number of H-pyrrole nitrogens is 1. The van der Waals surface area contributed by atoms with Crippen molar-refractivity contribution in [2.24, 2.45) is 0 Å². The summed E-state index contributed by atoms with van der Waals surface area (Å²) in [7, 11) is 3.37. The summed E-state index contributed by atoms with van der Waals surface area (Å²) in [6, 6.07) is 7.58. The zero-order valence-corrected chi connectivity index (χ0v) is 12.0. The number of hydrogen-bond acceptors (Lipinski definition) is 4. The molecule has 106 valence electrons. The van der Waals surface area contributed by atoms with Crippen molar-refractivity contribution in [3.05, 3.63) is 41.2 Å². The fourth-order valence-electron chi connectivity index (χ4n) is 1.95. The molecule has 0 saturated heterocycles. The van der Waals surface area contributed by atoms with E-state index >= 15 is 0 Å². The summed E-state index contributed by atoms with van der Waals surface area (Å²) in [6.45, 7) is 3.71. The molecule has 1 aromatic carbocycles. The number of aryl methyl sites for hydroxylation is 1. The molecule has 1 heterocycles. The SMILES string of the molecule is COc1cccc(C(C)N(C)C(=O)c2n[nH]nc2C)c1. The van der Waals surface area contributed by atoms with E-state index in [4.69, 9.17) is 4.74 Å². The Balaban J connectivity index is 2.21. The number of amides is 1. The number of carbonyl (C=O) groups is 1. The van der Waals surface area contributed by atoms with Crippen LogP contribution in [0.2, 0.25) is 0 Å². The molecular formula is C14H18N4O2. The van der Waals surface area contributed by atoms with E-state index < -0.39 is 0 Å². The van der Waals surface area contributed by atoms with Gasteiger partial charge in [0.25, 0.3) is 5.91 Å². The highest BCUT2D eigenvalue weighted by Crippen LogP contribution is 2.24. The molecule has 2 aromatic rings. The van der Waals surface area contributed by atoms with E-state index in [2.05, 4.69) is 15.4 Å². The molecule has 0 aliphatic heterocycles. The van der Waals surface area contributed by atoms with Gasteiger partial charge in [-0.25, -0.2) is 0 Å². The molecule has 20 heavy (non-hydrogen) atoms. The first kappa shape index (κ1) is 14.0. The number of benzene rings is 1. The quantitative estimate of drug-likeness (QED) is 0.925. The normalized spacial score (nSPS) is 12.0. The first-order chi connectivity index (χ1) is 9.54. The first-order valence-electron chi connectivity index (χ1n) is 6.33. The van der Waals surface area contributed by atoms with Crippen LogP contribution in [0.5, 0.6) is 5.75 Å². The highest BCUT2D eigenvalue weighted by Gasteiger charge is 2.23. The van der Waals surface area contributed by atoms with Crippen LogP contribution in [0.3, 0.4) is 0 Å². The zero-order valence-electron chi connectivity index (χ0n) is 12.0. The Labute approximate surface area is 117 Å². The van der Waals surface area contributed by atoms with Gasteiger partial charge in [0.05, 0.1) is 18.8 Å². The van der Waals surface area contributed by atoms with E-state index in [9.17, 15) is 4.79 Å². The Morgan fingerprint density at radius 2 is 2.15 bits per heavy atom. The number of hydrogen-bond donors (Lipinski definition) is 1. The lowest BCUT2D eigenvalue weighted by Gasteiger charge is -2.25. The average Bonchev–Trinajstić information content (AvgIpc) is 2.91. The summed E-state index contributed by atoms with van der Waals surface area (Å²) in [6.07, 6.45) is 0. The van der Waals surface area contributed by atoms with Gasteiger partial charge in [0.15, 0.2) is 5.69 Å². The van der Waals surface area contributed by atoms with E-state index in [-0.39, 0.29) is 11.9 Å². The minimum atomic E-state index is -0.161. The van der Waals surface area contributed by atoms with Crippen molar-refractivity contribution in [1.29, 1.82) is 0 Å². The van der Waals surface area contributed by atoms with Crippen LogP contribution in [0.1, 0.15) is 34.7 Å². The number of rotatable bonds is 4. The van der Waals surface area contributed by atoms with Gasteiger partial charge in [0.1, 0.15) is 5.75 Å². The Hall–Kier alpha value is -2.37. The Bertz CT molecular complexity index is 609. The van der Waals surface area contributed by atoms with E-state index in [0.29, 0.717) is 11.4 Å². The lowest BCUT2D eigenvalue weighted by atomic mass is 10.1. The molecule has 2 rings (SSSR count). The summed E-state index contributed by atoms with van der Waals surface area (Å²) in [4.78, 5) is 14.0. The van der Waals surface area contributed by atoms with Crippen LogP contribution < -0.4 is 4.74 Å². The van der Waals surface area contributed by atoms with E-state index in [1.54, 1.807) is 26.0 Å². The second-order valence-corrected chi connectivity index (χ2v) is 4.63. The van der Waals surface area contributed by atoms with Gasteiger partial charge < -0.3 is 9.64 Å². The van der Waals surface area contributed by atoms with Crippen LogP contribution in [-0.4, -0.2) is 40.4 Å². The predicted molar refractivity (Wildman–Crippen MR) is 74.6 cm³/mol. The van der Waals surface area contributed by atoms with Gasteiger partial charge in [-0.15, -0.1) is 0 Å². The second-order valence-electron chi connectivity index (χ2n) is 4.63. The highest BCUT2D eigenvalue weighted by atomic mass is 16.5. The van der Waals surface area contributed by atoms with Gasteiger partial charge >= 0.3 is 0 Å². The highest BCUT2D eigenvalue weighted by molar-refractivity contribution is 5.93. The summed E-state index contributed by atoms with van der Waals surface area (Å²) >= 11 is 0. The van der Waals surface area contributed by atoms with Crippen LogP contribution in [0.4, 0.5) is 0 Å². The molecule has 1 atom stereocenters. The third-order valence-electron chi connectivity index (χ3n) is 3.40. The van der Waals surface area contributed by atoms with E-state index in [0.717, 1.165) is 11.3 Å². The number of methoxy groups -OCH3 is 1. The fraction of sp³-hybridized carbons (Fsp3) is 0.357. The van der Waals surface area contributed by atoms with Crippen LogP contribution in [-0.2, 0) is 0 Å². The third-order valence-corrected chi connectivity index (χ3v) is 3.40. The van der Waals surface area contributed by atoms with Gasteiger partial charge in [0, 0.05) is 7.05 Å². The van der Waals surface area contributed by atoms with Gasteiger partial charge in [-0.05, 0) is 31.5 Å². The maximum Gasteiger partial charge on any atom is 0.276 e. The predicted octanol–water partition coefficient (Wildman–Crippen LogP) is 1.95. The Kier molecular flexibility index (Phi) is 4.02. The lowest BCUT2D eigenvalue weighted by molar-refractivity contribution is 0.0735. The lowest BCUT2D eigenvalue weighted by Crippen LogP contribution is -2.30. The van der Waals surface area contributed by atoms with Crippen molar-refractivity contribution in [2.75, 3.05) is 14.2 Å². The average molecular weight is 274 g/mol. The van der Waals surface area contributed by atoms with Crippen molar-refractivity contribution in [3.63, 3.8) is 0 Å². The van der Waals surface area contributed by atoms with Crippen molar-refractivity contribution in [3.8, 4) is 5.75 Å². The minimum absolute atomic E-state index is 0.0892. The molecular weight excluding hydrogens is 256 g/mol. The van der Waals surface area contributed by atoms with Crippen molar-refractivity contribution in [2.45, 2.75) is 19.9 Å². The standard InChI is InChI=1S/C14H18N4O2/c1-9-13(16-17-15-9)14(19)18(3)10(2)11-6-5-7-12(8-11)20-4/h5-8,10H,1-4H3,(H,15,16,17). The number of ether oxygens (including phenoxy) is 1. The van der Waals surface area contributed by atoms with Crippen LogP contribution >= 0.6 is 0 Å². The minimum Gasteiger partial charge on any atom is -0.497 e. The van der Waals surface area contributed by atoms with Gasteiger partial charge in [-0.1, -0.05) is 12.1 Å². The van der Waals surface area contributed by atoms with E-state index in [1.807, 2.05) is 31.2 Å². The van der Waals surface area contributed by atoms with E-state index in [1.165, 1.54) is 0 Å². The van der Waals surface area contributed by atoms with Gasteiger partial charge in [-0.2, -0.15) is 15.4 Å².